The molecule has 0 saturated heterocycles. The van der Waals surface area contributed by atoms with Gasteiger partial charge in [-0.15, -0.1) is 0 Å². The Morgan fingerprint density at radius 1 is 1.15 bits per heavy atom. The molecule has 0 amide bonds. The van der Waals surface area contributed by atoms with Crippen molar-refractivity contribution in [2.75, 3.05) is 7.11 Å². The van der Waals surface area contributed by atoms with Crippen LogP contribution in [0, 0.1) is 18.3 Å². The Labute approximate surface area is 157 Å². The Balaban J connectivity index is 1.99. The molecule has 1 unspecified atom stereocenters. The van der Waals surface area contributed by atoms with Crippen molar-refractivity contribution in [2.45, 2.75) is 12.8 Å². The van der Waals surface area contributed by atoms with E-state index in [1.54, 1.807) is 11.8 Å². The molecule has 1 aliphatic heterocycles. The first kappa shape index (κ1) is 16.7. The van der Waals surface area contributed by atoms with E-state index in [1.165, 1.54) is 0 Å². The number of aromatic nitrogens is 2. The molecule has 0 aliphatic carbocycles. The summed E-state index contributed by atoms with van der Waals surface area (Å²) in [4.78, 5) is 0. The van der Waals surface area contributed by atoms with E-state index in [4.69, 9.17) is 15.2 Å². The third-order valence-corrected chi connectivity index (χ3v) is 4.68. The summed E-state index contributed by atoms with van der Waals surface area (Å²) in [5.74, 6) is 0.874. The van der Waals surface area contributed by atoms with Gasteiger partial charge in [0.2, 0.25) is 11.8 Å². The van der Waals surface area contributed by atoms with Crippen LogP contribution in [0.2, 0.25) is 0 Å². The van der Waals surface area contributed by atoms with Gasteiger partial charge in [0.15, 0.2) is 0 Å². The monoisotopic (exact) mass is 358 g/mol. The van der Waals surface area contributed by atoms with Crippen molar-refractivity contribution < 1.29 is 9.47 Å². The van der Waals surface area contributed by atoms with Crippen LogP contribution in [0.4, 0.5) is 0 Å². The highest BCUT2D eigenvalue weighted by Crippen LogP contribution is 2.46. The van der Waals surface area contributed by atoms with Crippen LogP contribution in [0.5, 0.6) is 11.6 Å². The summed E-state index contributed by atoms with van der Waals surface area (Å²) in [5, 5.41) is 14.4. The van der Waals surface area contributed by atoms with Crippen LogP contribution >= 0.6 is 0 Å². The van der Waals surface area contributed by atoms with Crippen molar-refractivity contribution >= 4 is 0 Å². The highest BCUT2D eigenvalue weighted by atomic mass is 16.5. The molecule has 0 spiro atoms. The zero-order valence-electron chi connectivity index (χ0n) is 15.0. The Hall–Kier alpha value is -3.72. The Morgan fingerprint density at radius 3 is 2.56 bits per heavy atom. The van der Waals surface area contributed by atoms with Crippen molar-refractivity contribution in [3.63, 3.8) is 0 Å². The van der Waals surface area contributed by atoms with Gasteiger partial charge in [-0.3, -0.25) is 0 Å². The number of hydrogen-bond donors (Lipinski definition) is 1. The normalized spacial score (nSPS) is 15.7. The van der Waals surface area contributed by atoms with Crippen molar-refractivity contribution in [3.05, 3.63) is 82.9 Å². The number of hydrogen-bond acceptors (Lipinski definition) is 5. The Morgan fingerprint density at radius 2 is 1.85 bits per heavy atom. The van der Waals surface area contributed by atoms with Crippen molar-refractivity contribution in [1.29, 1.82) is 5.26 Å². The molecule has 1 atom stereocenters. The number of aryl methyl sites for hydroxylation is 1. The lowest BCUT2D eigenvalue weighted by atomic mass is 9.83. The zero-order chi connectivity index (χ0) is 19.0. The summed E-state index contributed by atoms with van der Waals surface area (Å²) in [6, 6.07) is 19.5. The highest BCUT2D eigenvalue weighted by molar-refractivity contribution is 5.59. The molecule has 0 fully saturated rings. The second-order valence-electron chi connectivity index (χ2n) is 6.22. The lowest BCUT2D eigenvalue weighted by molar-refractivity contribution is 0.364. The van der Waals surface area contributed by atoms with E-state index in [2.05, 4.69) is 11.2 Å². The van der Waals surface area contributed by atoms with Crippen LogP contribution < -0.4 is 15.2 Å². The van der Waals surface area contributed by atoms with E-state index in [0.717, 1.165) is 22.5 Å². The van der Waals surface area contributed by atoms with Crippen LogP contribution in [0.25, 0.3) is 5.69 Å². The summed E-state index contributed by atoms with van der Waals surface area (Å²) < 4.78 is 13.1. The lowest BCUT2D eigenvalue weighted by Gasteiger charge is -2.26. The Kier molecular flexibility index (Phi) is 4.05. The smallest absolute Gasteiger partial charge is 0.229 e. The van der Waals surface area contributed by atoms with E-state index >= 15 is 0 Å². The fourth-order valence-electron chi connectivity index (χ4n) is 3.47. The molecule has 3 aromatic rings. The molecule has 2 N–H and O–H groups in total. The standard InChI is InChI=1S/C21H18N4O2/c1-13-18-19(15-10-6-7-11-17(15)26-2)16(12-22)20(23)27-21(18)25(24-13)14-8-4-3-5-9-14/h3-11,19H,23H2,1-2H3. The minimum Gasteiger partial charge on any atom is -0.496 e. The number of nitriles is 1. The van der Waals surface area contributed by atoms with Gasteiger partial charge in [0.05, 0.1) is 30.0 Å². The van der Waals surface area contributed by atoms with Gasteiger partial charge >= 0.3 is 0 Å². The average molecular weight is 358 g/mol. The maximum Gasteiger partial charge on any atom is 0.229 e. The molecule has 2 heterocycles. The van der Waals surface area contributed by atoms with Gasteiger partial charge in [-0.05, 0) is 25.1 Å². The molecule has 134 valence electrons. The molecule has 1 aromatic heterocycles. The molecule has 0 bridgehead atoms. The summed E-state index contributed by atoms with van der Waals surface area (Å²) in [5.41, 5.74) is 9.77. The number of rotatable bonds is 3. The summed E-state index contributed by atoms with van der Waals surface area (Å²) in [6.07, 6.45) is 0. The quantitative estimate of drug-likeness (QED) is 0.775. The van der Waals surface area contributed by atoms with Crippen LogP contribution in [0.3, 0.4) is 0 Å². The SMILES string of the molecule is COc1ccccc1C1C(C#N)=C(N)Oc2c1c(C)nn2-c1ccccc1. The average Bonchev–Trinajstić information content (AvgIpc) is 3.03. The third-order valence-electron chi connectivity index (χ3n) is 4.68. The van der Waals surface area contributed by atoms with Crippen LogP contribution in [-0.4, -0.2) is 16.9 Å². The van der Waals surface area contributed by atoms with Gasteiger partial charge in [-0.1, -0.05) is 36.4 Å². The Bertz CT molecular complexity index is 1080. The van der Waals surface area contributed by atoms with E-state index in [1.807, 2.05) is 61.5 Å². The maximum atomic E-state index is 9.76. The first-order valence-corrected chi connectivity index (χ1v) is 8.51. The van der Waals surface area contributed by atoms with Crippen LogP contribution in [0.15, 0.2) is 66.1 Å². The predicted molar refractivity (Wildman–Crippen MR) is 101 cm³/mol. The van der Waals surface area contributed by atoms with Crippen LogP contribution in [-0.2, 0) is 0 Å². The molecule has 6 nitrogen and oxygen atoms in total. The largest absolute Gasteiger partial charge is 0.496 e. The number of nitrogens with zero attached hydrogens (tertiary/aromatic N) is 3. The molecular formula is C21H18N4O2. The van der Waals surface area contributed by atoms with E-state index in [0.29, 0.717) is 17.2 Å². The topological polar surface area (TPSA) is 86.1 Å². The van der Waals surface area contributed by atoms with Gasteiger partial charge in [-0.2, -0.15) is 10.4 Å². The number of methoxy groups -OCH3 is 1. The fraction of sp³-hybridized carbons (Fsp3) is 0.143. The van der Waals surface area contributed by atoms with Crippen molar-refractivity contribution in [1.82, 2.24) is 9.78 Å². The fourth-order valence-corrected chi connectivity index (χ4v) is 3.47. The number of nitrogens with two attached hydrogens (primary N) is 1. The highest BCUT2D eigenvalue weighted by Gasteiger charge is 2.37. The van der Waals surface area contributed by atoms with Gasteiger partial charge in [0.1, 0.15) is 17.4 Å². The van der Waals surface area contributed by atoms with E-state index < -0.39 is 5.92 Å². The van der Waals surface area contributed by atoms with Gasteiger partial charge < -0.3 is 15.2 Å². The summed E-state index contributed by atoms with van der Waals surface area (Å²) >= 11 is 0. The summed E-state index contributed by atoms with van der Waals surface area (Å²) in [7, 11) is 1.61. The molecule has 4 rings (SSSR count). The molecule has 0 radical (unpaired) electrons. The second-order valence-corrected chi connectivity index (χ2v) is 6.22. The zero-order valence-corrected chi connectivity index (χ0v) is 15.0. The molecule has 1 aliphatic rings. The summed E-state index contributed by atoms with van der Waals surface area (Å²) in [6.45, 7) is 1.90. The predicted octanol–water partition coefficient (Wildman–Crippen LogP) is 3.41. The first-order valence-electron chi connectivity index (χ1n) is 8.51. The number of allylic oxidation sites excluding steroid dienone is 1. The molecule has 0 saturated carbocycles. The minimum absolute atomic E-state index is 0.0815. The van der Waals surface area contributed by atoms with E-state index in [9.17, 15) is 5.26 Å². The molecule has 6 heteroatoms. The second kappa shape index (κ2) is 6.54. The van der Waals surface area contributed by atoms with Crippen molar-refractivity contribution in [3.8, 4) is 23.4 Å². The van der Waals surface area contributed by atoms with Gasteiger partial charge in [0, 0.05) is 5.56 Å². The van der Waals surface area contributed by atoms with Gasteiger partial charge in [-0.25, -0.2) is 4.68 Å². The number of ether oxygens (including phenoxy) is 2. The molecule has 2 aromatic carbocycles. The number of benzene rings is 2. The van der Waals surface area contributed by atoms with Gasteiger partial charge in [0.25, 0.3) is 0 Å². The molecule has 27 heavy (non-hydrogen) atoms. The number of para-hydroxylation sites is 2. The molecular weight excluding hydrogens is 340 g/mol. The van der Waals surface area contributed by atoms with Crippen LogP contribution in [0.1, 0.15) is 22.7 Å². The third kappa shape index (κ3) is 2.61. The first-order chi connectivity index (χ1) is 13.2. The van der Waals surface area contributed by atoms with Crippen molar-refractivity contribution in [2.24, 2.45) is 5.73 Å². The van der Waals surface area contributed by atoms with E-state index in [-0.39, 0.29) is 5.88 Å². The maximum absolute atomic E-state index is 9.76. The lowest BCUT2D eigenvalue weighted by Crippen LogP contribution is -2.22. The number of fused-ring (bicyclic) bond motifs is 1. The minimum atomic E-state index is -0.410.